The number of benzene rings is 1. The van der Waals surface area contributed by atoms with Gasteiger partial charge in [-0.25, -0.2) is 0 Å². The molecule has 0 bridgehead atoms. The molecule has 0 spiro atoms. The molecule has 2 N–H and O–H groups in total. The number of ether oxygens (including phenoxy) is 3. The Morgan fingerprint density at radius 1 is 1.33 bits per heavy atom. The number of nitrogens with two attached hydrogens (primary N) is 1. The van der Waals surface area contributed by atoms with Crippen molar-refractivity contribution in [2.45, 2.75) is 0 Å². The number of anilines is 1. The number of aromatic nitrogens is 2. The summed E-state index contributed by atoms with van der Waals surface area (Å²) in [6.45, 7) is 0.206. The molecule has 1 aliphatic rings. The predicted molar refractivity (Wildman–Crippen MR) is 65.7 cm³/mol. The van der Waals surface area contributed by atoms with Crippen LogP contribution in [0.5, 0.6) is 17.2 Å². The highest BCUT2D eigenvalue weighted by molar-refractivity contribution is 5.75. The number of nitrogens with zero attached hydrogens (tertiary/aromatic N) is 2. The van der Waals surface area contributed by atoms with Crippen molar-refractivity contribution in [3.8, 4) is 28.5 Å². The minimum absolute atomic E-state index is 0.206. The minimum atomic E-state index is 0.206. The Morgan fingerprint density at radius 3 is 2.83 bits per heavy atom. The van der Waals surface area contributed by atoms with Crippen LogP contribution in [-0.2, 0) is 7.05 Å². The summed E-state index contributed by atoms with van der Waals surface area (Å²) >= 11 is 0. The molecule has 18 heavy (non-hydrogen) atoms. The highest BCUT2D eigenvalue weighted by atomic mass is 16.7. The predicted octanol–water partition coefficient (Wildman–Crippen LogP) is 1.41. The van der Waals surface area contributed by atoms with E-state index in [1.54, 1.807) is 31.0 Å². The normalized spacial score (nSPS) is 12.8. The smallest absolute Gasteiger partial charge is 0.231 e. The zero-order valence-corrected chi connectivity index (χ0v) is 10.1. The fourth-order valence-corrected chi connectivity index (χ4v) is 1.91. The highest BCUT2D eigenvalue weighted by Crippen LogP contribution is 2.44. The Kier molecular flexibility index (Phi) is 2.29. The monoisotopic (exact) mass is 247 g/mol. The summed E-state index contributed by atoms with van der Waals surface area (Å²) in [6, 6.07) is 5.43. The Morgan fingerprint density at radius 2 is 2.17 bits per heavy atom. The first-order valence-electron chi connectivity index (χ1n) is 5.46. The number of methoxy groups -OCH3 is 1. The fourth-order valence-electron chi connectivity index (χ4n) is 1.91. The Balaban J connectivity index is 2.19. The van der Waals surface area contributed by atoms with Gasteiger partial charge in [0.05, 0.1) is 18.4 Å². The number of aryl methyl sites for hydroxylation is 1. The molecule has 0 fully saturated rings. The fraction of sp³-hybridized carbons (Fsp3) is 0.250. The summed E-state index contributed by atoms with van der Waals surface area (Å²) in [4.78, 5) is 0. The molecular weight excluding hydrogens is 234 g/mol. The number of fused-ring (bicyclic) bond motifs is 1. The van der Waals surface area contributed by atoms with Crippen molar-refractivity contribution in [3.05, 3.63) is 18.2 Å². The molecule has 94 valence electrons. The second-order valence-corrected chi connectivity index (χ2v) is 3.99. The van der Waals surface area contributed by atoms with Crippen molar-refractivity contribution >= 4 is 5.82 Å². The molecule has 6 nitrogen and oxygen atoms in total. The lowest BCUT2D eigenvalue weighted by molar-refractivity contribution is 0.174. The van der Waals surface area contributed by atoms with Crippen LogP contribution in [0.25, 0.3) is 11.3 Å². The van der Waals surface area contributed by atoms with Crippen molar-refractivity contribution in [1.82, 2.24) is 9.78 Å². The third-order valence-electron chi connectivity index (χ3n) is 2.87. The topological polar surface area (TPSA) is 71.5 Å². The van der Waals surface area contributed by atoms with Crippen LogP contribution in [0.4, 0.5) is 5.82 Å². The van der Waals surface area contributed by atoms with Crippen LogP contribution >= 0.6 is 0 Å². The molecule has 2 aromatic rings. The van der Waals surface area contributed by atoms with Gasteiger partial charge in [-0.05, 0) is 6.07 Å². The van der Waals surface area contributed by atoms with E-state index in [0.717, 1.165) is 11.3 Å². The van der Waals surface area contributed by atoms with E-state index in [2.05, 4.69) is 5.10 Å². The van der Waals surface area contributed by atoms with Gasteiger partial charge in [0.25, 0.3) is 0 Å². The van der Waals surface area contributed by atoms with Crippen molar-refractivity contribution in [3.63, 3.8) is 0 Å². The average Bonchev–Trinajstić information content (AvgIpc) is 2.95. The van der Waals surface area contributed by atoms with Crippen LogP contribution in [0.2, 0.25) is 0 Å². The maximum Gasteiger partial charge on any atom is 0.231 e. The van der Waals surface area contributed by atoms with Crippen LogP contribution in [0.15, 0.2) is 18.2 Å². The number of hydrogen-bond acceptors (Lipinski definition) is 5. The van der Waals surface area contributed by atoms with Gasteiger partial charge in [-0.2, -0.15) is 5.10 Å². The standard InChI is InChI=1S/C12H13N3O3/c1-15-11(13)5-9(14-15)8-3-7(16-2)4-10-12(8)18-6-17-10/h3-5H,6,13H2,1-2H3. The molecule has 0 radical (unpaired) electrons. The zero-order valence-electron chi connectivity index (χ0n) is 10.1. The molecular formula is C12H13N3O3. The van der Waals surface area contributed by atoms with E-state index < -0.39 is 0 Å². The van der Waals surface area contributed by atoms with Crippen molar-refractivity contribution in [2.75, 3.05) is 19.6 Å². The van der Waals surface area contributed by atoms with E-state index in [1.165, 1.54) is 0 Å². The molecule has 2 heterocycles. The summed E-state index contributed by atoms with van der Waals surface area (Å²) in [7, 11) is 3.39. The number of hydrogen-bond donors (Lipinski definition) is 1. The van der Waals surface area contributed by atoms with Crippen molar-refractivity contribution in [1.29, 1.82) is 0 Å². The molecule has 0 atom stereocenters. The van der Waals surface area contributed by atoms with Crippen LogP contribution in [0.3, 0.4) is 0 Å². The maximum absolute atomic E-state index is 5.79. The van der Waals surface area contributed by atoms with Gasteiger partial charge in [0.1, 0.15) is 11.6 Å². The zero-order chi connectivity index (χ0) is 12.7. The molecule has 0 amide bonds. The average molecular weight is 247 g/mol. The van der Waals surface area contributed by atoms with Crippen LogP contribution in [0, 0.1) is 0 Å². The van der Waals surface area contributed by atoms with E-state index in [9.17, 15) is 0 Å². The summed E-state index contributed by atoms with van der Waals surface area (Å²) in [5, 5.41) is 4.33. The van der Waals surface area contributed by atoms with E-state index in [0.29, 0.717) is 23.1 Å². The van der Waals surface area contributed by atoms with E-state index in [-0.39, 0.29) is 6.79 Å². The molecule has 3 rings (SSSR count). The summed E-state index contributed by atoms with van der Waals surface area (Å²) in [5.41, 5.74) is 7.34. The summed E-state index contributed by atoms with van der Waals surface area (Å²) in [5.74, 6) is 2.61. The Labute approximate surface area is 104 Å². The molecule has 0 saturated carbocycles. The van der Waals surface area contributed by atoms with Gasteiger partial charge in [0.15, 0.2) is 11.5 Å². The number of nitrogen functional groups attached to an aromatic ring is 1. The molecule has 6 heteroatoms. The maximum atomic E-state index is 5.79. The molecule has 1 aromatic heterocycles. The lowest BCUT2D eigenvalue weighted by Gasteiger charge is -2.06. The first kappa shape index (κ1) is 10.8. The summed E-state index contributed by atoms with van der Waals surface area (Å²) in [6.07, 6.45) is 0. The Bertz CT molecular complexity index is 587. The quantitative estimate of drug-likeness (QED) is 0.868. The third kappa shape index (κ3) is 1.54. The first-order chi connectivity index (χ1) is 8.69. The second-order valence-electron chi connectivity index (χ2n) is 3.99. The molecule has 1 aromatic carbocycles. The van der Waals surface area contributed by atoms with Gasteiger partial charge in [-0.3, -0.25) is 4.68 Å². The lowest BCUT2D eigenvalue weighted by Crippen LogP contribution is -1.96. The molecule has 1 aliphatic heterocycles. The first-order valence-corrected chi connectivity index (χ1v) is 5.46. The summed E-state index contributed by atoms with van der Waals surface area (Å²) < 4.78 is 17.7. The van der Waals surface area contributed by atoms with Crippen LogP contribution < -0.4 is 19.9 Å². The lowest BCUT2D eigenvalue weighted by atomic mass is 10.1. The molecule has 0 aliphatic carbocycles. The van der Waals surface area contributed by atoms with Crippen molar-refractivity contribution < 1.29 is 14.2 Å². The highest BCUT2D eigenvalue weighted by Gasteiger charge is 2.22. The van der Waals surface area contributed by atoms with E-state index in [4.69, 9.17) is 19.9 Å². The largest absolute Gasteiger partial charge is 0.497 e. The molecule has 0 unspecified atom stereocenters. The van der Waals surface area contributed by atoms with Crippen LogP contribution in [-0.4, -0.2) is 23.7 Å². The van der Waals surface area contributed by atoms with Gasteiger partial charge >= 0.3 is 0 Å². The second kappa shape index (κ2) is 3.83. The van der Waals surface area contributed by atoms with Gasteiger partial charge in [0.2, 0.25) is 6.79 Å². The van der Waals surface area contributed by atoms with Gasteiger partial charge in [-0.1, -0.05) is 0 Å². The number of rotatable bonds is 2. The third-order valence-corrected chi connectivity index (χ3v) is 2.87. The van der Waals surface area contributed by atoms with E-state index in [1.807, 2.05) is 6.07 Å². The van der Waals surface area contributed by atoms with Gasteiger partial charge < -0.3 is 19.9 Å². The van der Waals surface area contributed by atoms with Crippen LogP contribution in [0.1, 0.15) is 0 Å². The van der Waals surface area contributed by atoms with Gasteiger partial charge in [-0.15, -0.1) is 0 Å². The van der Waals surface area contributed by atoms with Crippen molar-refractivity contribution in [2.24, 2.45) is 7.05 Å². The van der Waals surface area contributed by atoms with E-state index >= 15 is 0 Å². The SMILES string of the molecule is COc1cc2c(c(-c3cc(N)n(C)n3)c1)OCO2. The molecule has 0 saturated heterocycles. The van der Waals surface area contributed by atoms with Gasteiger partial charge in [0, 0.05) is 19.2 Å². The Hall–Kier alpha value is -2.37. The minimum Gasteiger partial charge on any atom is -0.497 e.